The highest BCUT2D eigenvalue weighted by atomic mass is 127. The first-order valence-corrected chi connectivity index (χ1v) is 9.02. The van der Waals surface area contributed by atoms with Gasteiger partial charge in [0.2, 0.25) is 0 Å². The van der Waals surface area contributed by atoms with Crippen LogP contribution in [0.3, 0.4) is 0 Å². The van der Waals surface area contributed by atoms with Crippen LogP contribution in [-0.4, -0.2) is 62.3 Å². The van der Waals surface area contributed by atoms with Gasteiger partial charge in [0.05, 0.1) is 32.8 Å². The Balaban J connectivity index is 0.00000364. The summed E-state index contributed by atoms with van der Waals surface area (Å²) in [6.45, 7) is 4.48. The van der Waals surface area contributed by atoms with E-state index < -0.39 is 6.10 Å². The van der Waals surface area contributed by atoms with Gasteiger partial charge in [0.1, 0.15) is 5.75 Å². The van der Waals surface area contributed by atoms with Gasteiger partial charge < -0.3 is 24.8 Å². The minimum absolute atomic E-state index is 0. The number of halogens is 1. The largest absolute Gasteiger partial charge is 0.497 e. The van der Waals surface area contributed by atoms with Crippen molar-refractivity contribution >= 4 is 35.9 Å². The van der Waals surface area contributed by atoms with Crippen LogP contribution in [0.4, 0.5) is 0 Å². The number of aliphatic imine (C=N–C) groups is 1. The molecule has 2 N–H and O–H groups in total. The van der Waals surface area contributed by atoms with Crippen molar-refractivity contribution in [2.45, 2.75) is 25.9 Å². The number of nitrogens with one attached hydrogen (secondary N) is 1. The van der Waals surface area contributed by atoms with Crippen molar-refractivity contribution in [2.24, 2.45) is 10.9 Å². The molecule has 1 aliphatic rings. The second-order valence-corrected chi connectivity index (χ2v) is 6.27. The first-order valence-electron chi connectivity index (χ1n) is 9.02. The van der Waals surface area contributed by atoms with Crippen LogP contribution in [0.25, 0.3) is 0 Å². The lowest BCUT2D eigenvalue weighted by Crippen LogP contribution is -2.46. The van der Waals surface area contributed by atoms with Crippen molar-refractivity contribution < 1.29 is 19.4 Å². The lowest BCUT2D eigenvalue weighted by atomic mass is 9.97. The maximum Gasteiger partial charge on any atom is 0.308 e. The molecule has 0 spiro atoms. The summed E-state index contributed by atoms with van der Waals surface area (Å²) < 4.78 is 10.0. The summed E-state index contributed by atoms with van der Waals surface area (Å²) in [5.41, 5.74) is 0.772. The van der Waals surface area contributed by atoms with E-state index >= 15 is 0 Å². The number of likely N-dealkylation sites (tertiary alicyclic amines) is 1. The van der Waals surface area contributed by atoms with E-state index in [9.17, 15) is 9.90 Å². The van der Waals surface area contributed by atoms with Gasteiger partial charge in [0.25, 0.3) is 0 Å². The van der Waals surface area contributed by atoms with Crippen molar-refractivity contribution in [3.05, 3.63) is 29.8 Å². The van der Waals surface area contributed by atoms with Gasteiger partial charge in [0.15, 0.2) is 5.96 Å². The zero-order valence-corrected chi connectivity index (χ0v) is 18.5. The van der Waals surface area contributed by atoms with E-state index in [-0.39, 0.29) is 42.4 Å². The Morgan fingerprint density at radius 1 is 1.37 bits per heavy atom. The number of piperidine rings is 1. The summed E-state index contributed by atoms with van der Waals surface area (Å²) in [7, 11) is 3.03. The van der Waals surface area contributed by atoms with E-state index in [1.165, 1.54) is 7.11 Å². The number of aliphatic hydroxyl groups excluding tert-OH is 1. The van der Waals surface area contributed by atoms with E-state index in [4.69, 9.17) is 9.47 Å². The Bertz CT molecular complexity index is 619. The van der Waals surface area contributed by atoms with Crippen LogP contribution in [-0.2, 0) is 9.53 Å². The molecule has 152 valence electrons. The number of hydrogen-bond donors (Lipinski definition) is 2. The molecule has 0 aliphatic carbocycles. The average Bonchev–Trinajstić information content (AvgIpc) is 2.70. The van der Waals surface area contributed by atoms with E-state index in [2.05, 4.69) is 15.2 Å². The first-order chi connectivity index (χ1) is 12.6. The topological polar surface area (TPSA) is 83.4 Å². The zero-order chi connectivity index (χ0) is 18.9. The molecule has 1 fully saturated rings. The number of benzene rings is 1. The number of aliphatic hydroxyl groups is 1. The predicted molar refractivity (Wildman–Crippen MR) is 116 cm³/mol. The fourth-order valence-corrected chi connectivity index (χ4v) is 3.05. The van der Waals surface area contributed by atoms with Crippen LogP contribution in [0, 0.1) is 5.92 Å². The SMILES string of the molecule is CCNC(=NCC(O)c1cccc(OC)c1)N1CCC(C(=O)OC)CC1.I. The second-order valence-electron chi connectivity index (χ2n) is 6.27. The predicted octanol–water partition coefficient (Wildman–Crippen LogP) is 2.20. The quantitative estimate of drug-likeness (QED) is 0.275. The van der Waals surface area contributed by atoms with E-state index in [0.29, 0.717) is 5.75 Å². The standard InChI is InChI=1S/C19H29N3O4.HI/c1-4-20-19(22-10-8-14(9-11-22)18(24)26-3)21-13-17(23)15-6-5-7-16(12-15)25-2;/h5-7,12,14,17,23H,4,8-11,13H2,1-3H3,(H,20,21);1H. The maximum atomic E-state index is 11.7. The zero-order valence-electron chi connectivity index (χ0n) is 16.2. The van der Waals surface area contributed by atoms with Gasteiger partial charge in [-0.05, 0) is 37.5 Å². The summed E-state index contributed by atoms with van der Waals surface area (Å²) in [6.07, 6.45) is 0.789. The molecular formula is C19H30IN3O4. The number of carbonyl (C=O) groups excluding carboxylic acids is 1. The van der Waals surface area contributed by atoms with Crippen LogP contribution >= 0.6 is 24.0 Å². The Morgan fingerprint density at radius 2 is 2.07 bits per heavy atom. The van der Waals surface area contributed by atoms with Crippen molar-refractivity contribution in [2.75, 3.05) is 40.4 Å². The normalized spacial score (nSPS) is 16.3. The smallest absolute Gasteiger partial charge is 0.308 e. The number of guanidine groups is 1. The molecule has 0 radical (unpaired) electrons. The molecule has 1 heterocycles. The van der Waals surface area contributed by atoms with Crippen LogP contribution in [0.1, 0.15) is 31.4 Å². The number of methoxy groups -OCH3 is 2. The highest BCUT2D eigenvalue weighted by Gasteiger charge is 2.27. The fraction of sp³-hybridized carbons (Fsp3) is 0.579. The average molecular weight is 491 g/mol. The highest BCUT2D eigenvalue weighted by Crippen LogP contribution is 2.21. The summed E-state index contributed by atoms with van der Waals surface area (Å²) in [6, 6.07) is 7.37. The van der Waals surface area contributed by atoms with Crippen molar-refractivity contribution in [1.82, 2.24) is 10.2 Å². The summed E-state index contributed by atoms with van der Waals surface area (Å²) in [5.74, 6) is 1.29. The molecule has 7 nitrogen and oxygen atoms in total. The van der Waals surface area contributed by atoms with Gasteiger partial charge in [-0.2, -0.15) is 0 Å². The molecule has 8 heteroatoms. The third-order valence-electron chi connectivity index (χ3n) is 4.56. The van der Waals surface area contributed by atoms with Crippen molar-refractivity contribution in [3.63, 3.8) is 0 Å². The number of rotatable bonds is 6. The lowest BCUT2D eigenvalue weighted by molar-refractivity contribution is -0.146. The number of hydrogen-bond acceptors (Lipinski definition) is 5. The molecule has 1 aromatic carbocycles. The van der Waals surface area contributed by atoms with Crippen LogP contribution in [0.2, 0.25) is 0 Å². The third kappa shape index (κ3) is 6.84. The number of ether oxygens (including phenoxy) is 2. The maximum absolute atomic E-state index is 11.7. The van der Waals surface area contributed by atoms with Gasteiger partial charge in [-0.1, -0.05) is 12.1 Å². The van der Waals surface area contributed by atoms with E-state index in [1.807, 2.05) is 31.2 Å². The molecule has 1 atom stereocenters. The molecule has 1 saturated heterocycles. The minimum Gasteiger partial charge on any atom is -0.497 e. The molecule has 1 aromatic rings. The van der Waals surface area contributed by atoms with E-state index in [1.54, 1.807) is 7.11 Å². The van der Waals surface area contributed by atoms with Gasteiger partial charge in [-0.3, -0.25) is 9.79 Å². The van der Waals surface area contributed by atoms with Crippen molar-refractivity contribution in [1.29, 1.82) is 0 Å². The molecule has 0 bridgehead atoms. The second kappa shape index (κ2) is 12.0. The number of carbonyl (C=O) groups is 1. The van der Waals surface area contributed by atoms with Gasteiger partial charge in [-0.25, -0.2) is 0 Å². The van der Waals surface area contributed by atoms with Gasteiger partial charge >= 0.3 is 5.97 Å². The fourth-order valence-electron chi connectivity index (χ4n) is 3.05. The molecular weight excluding hydrogens is 461 g/mol. The van der Waals surface area contributed by atoms with Crippen LogP contribution in [0.5, 0.6) is 5.75 Å². The van der Waals surface area contributed by atoms with Gasteiger partial charge in [0, 0.05) is 19.6 Å². The number of esters is 1. The Kier molecular flexibility index (Phi) is 10.5. The van der Waals surface area contributed by atoms with Crippen molar-refractivity contribution in [3.8, 4) is 5.75 Å². The monoisotopic (exact) mass is 491 g/mol. The molecule has 1 unspecified atom stereocenters. The molecule has 0 amide bonds. The van der Waals surface area contributed by atoms with Crippen LogP contribution in [0.15, 0.2) is 29.3 Å². The molecule has 1 aliphatic heterocycles. The molecule has 0 aromatic heterocycles. The highest BCUT2D eigenvalue weighted by molar-refractivity contribution is 14.0. The minimum atomic E-state index is -0.702. The third-order valence-corrected chi connectivity index (χ3v) is 4.56. The van der Waals surface area contributed by atoms with Crippen LogP contribution < -0.4 is 10.1 Å². The van der Waals surface area contributed by atoms with Gasteiger partial charge in [-0.15, -0.1) is 24.0 Å². The van der Waals surface area contributed by atoms with E-state index in [0.717, 1.165) is 44.0 Å². The summed E-state index contributed by atoms with van der Waals surface area (Å²) >= 11 is 0. The molecule has 27 heavy (non-hydrogen) atoms. The molecule has 2 rings (SSSR count). The first kappa shape index (κ1) is 23.5. The number of nitrogens with zero attached hydrogens (tertiary/aromatic N) is 2. The molecule has 0 saturated carbocycles. The summed E-state index contributed by atoms with van der Waals surface area (Å²) in [4.78, 5) is 18.4. The lowest BCUT2D eigenvalue weighted by Gasteiger charge is -2.33. The Morgan fingerprint density at radius 3 is 2.67 bits per heavy atom. The Hall–Kier alpha value is -1.55. The Labute approximate surface area is 178 Å². The summed E-state index contributed by atoms with van der Waals surface area (Å²) in [5, 5.41) is 13.7.